The van der Waals surface area contributed by atoms with Crippen molar-refractivity contribution in [2.24, 2.45) is 11.5 Å². The average Bonchev–Trinajstić information content (AvgIpc) is 2.49. The van der Waals surface area contributed by atoms with Gasteiger partial charge in [0.1, 0.15) is 5.69 Å². The number of aryl methyl sites for hydroxylation is 1. The van der Waals surface area contributed by atoms with Crippen molar-refractivity contribution in [1.82, 2.24) is 4.98 Å². The number of primary amides is 1. The number of para-hydroxylation sites is 1. The molecule has 110 valence electrons. The van der Waals surface area contributed by atoms with Crippen LogP contribution < -0.4 is 16.4 Å². The van der Waals surface area contributed by atoms with Gasteiger partial charge >= 0.3 is 0 Å². The Hall–Kier alpha value is -2.40. The highest BCUT2D eigenvalue weighted by atomic mass is 16.1. The largest absolute Gasteiger partial charge is 0.364 e. The van der Waals surface area contributed by atoms with E-state index in [0.29, 0.717) is 6.54 Å². The fourth-order valence-corrected chi connectivity index (χ4v) is 2.23. The Labute approximate surface area is 124 Å². The molecule has 5 nitrogen and oxygen atoms in total. The van der Waals surface area contributed by atoms with Gasteiger partial charge in [-0.1, -0.05) is 18.2 Å². The number of amides is 1. The van der Waals surface area contributed by atoms with Crippen LogP contribution in [0, 0.1) is 6.92 Å². The molecule has 0 saturated heterocycles. The molecule has 1 aromatic heterocycles. The Morgan fingerprint density at radius 2 is 2.05 bits per heavy atom. The highest BCUT2D eigenvalue weighted by Gasteiger charge is 2.13. The SMILES string of the molecule is Cc1ccccc1N(CCCN)c1ccnc(C(N)=O)c1. The van der Waals surface area contributed by atoms with E-state index in [-0.39, 0.29) is 5.69 Å². The highest BCUT2D eigenvalue weighted by molar-refractivity contribution is 5.92. The molecule has 2 aromatic rings. The zero-order valence-electron chi connectivity index (χ0n) is 12.1. The van der Waals surface area contributed by atoms with Gasteiger partial charge in [0.2, 0.25) is 0 Å². The van der Waals surface area contributed by atoms with E-state index >= 15 is 0 Å². The molecule has 2 rings (SSSR count). The van der Waals surface area contributed by atoms with Gasteiger partial charge in [0, 0.05) is 24.1 Å². The van der Waals surface area contributed by atoms with Crippen molar-refractivity contribution in [2.75, 3.05) is 18.0 Å². The molecule has 0 spiro atoms. The molecular weight excluding hydrogens is 264 g/mol. The Morgan fingerprint density at radius 3 is 2.71 bits per heavy atom. The standard InChI is InChI=1S/C16H20N4O/c1-12-5-2-3-6-15(12)20(10-4-8-17)13-7-9-19-14(11-13)16(18)21/h2-3,5-7,9,11H,4,8,10,17H2,1H3,(H2,18,21). The van der Waals surface area contributed by atoms with Crippen molar-refractivity contribution in [3.05, 3.63) is 53.9 Å². The summed E-state index contributed by atoms with van der Waals surface area (Å²) in [6.45, 7) is 3.43. The van der Waals surface area contributed by atoms with Crippen LogP contribution in [0.15, 0.2) is 42.6 Å². The minimum atomic E-state index is -0.527. The molecule has 0 radical (unpaired) electrons. The summed E-state index contributed by atoms with van der Waals surface area (Å²) >= 11 is 0. The Kier molecular flexibility index (Phi) is 4.90. The van der Waals surface area contributed by atoms with Crippen LogP contribution in [0.25, 0.3) is 0 Å². The van der Waals surface area contributed by atoms with Gasteiger partial charge in [0.05, 0.1) is 0 Å². The van der Waals surface area contributed by atoms with Crippen molar-refractivity contribution in [1.29, 1.82) is 0 Å². The molecule has 0 bridgehead atoms. The van der Waals surface area contributed by atoms with Crippen molar-refractivity contribution < 1.29 is 4.79 Å². The van der Waals surface area contributed by atoms with Gasteiger partial charge in [-0.2, -0.15) is 0 Å². The molecular formula is C16H20N4O. The zero-order valence-corrected chi connectivity index (χ0v) is 12.1. The predicted octanol–water partition coefficient (Wildman–Crippen LogP) is 1.98. The summed E-state index contributed by atoms with van der Waals surface area (Å²) in [5.41, 5.74) is 14.4. The molecule has 5 heteroatoms. The van der Waals surface area contributed by atoms with E-state index < -0.39 is 5.91 Å². The van der Waals surface area contributed by atoms with Gasteiger partial charge in [-0.3, -0.25) is 9.78 Å². The monoisotopic (exact) mass is 284 g/mol. The third kappa shape index (κ3) is 3.58. The second kappa shape index (κ2) is 6.85. The lowest BCUT2D eigenvalue weighted by Gasteiger charge is -2.26. The second-order valence-corrected chi connectivity index (χ2v) is 4.84. The predicted molar refractivity (Wildman–Crippen MR) is 84.6 cm³/mol. The summed E-state index contributed by atoms with van der Waals surface area (Å²) in [6.07, 6.45) is 2.45. The van der Waals surface area contributed by atoms with Crippen LogP contribution in [-0.4, -0.2) is 24.0 Å². The molecule has 0 atom stereocenters. The van der Waals surface area contributed by atoms with Crippen molar-refractivity contribution in [3.8, 4) is 0 Å². The Morgan fingerprint density at radius 1 is 1.29 bits per heavy atom. The van der Waals surface area contributed by atoms with Gasteiger partial charge in [0.25, 0.3) is 5.91 Å². The fourth-order valence-electron chi connectivity index (χ4n) is 2.23. The summed E-state index contributed by atoms with van der Waals surface area (Å²) in [4.78, 5) is 17.4. The number of carbonyl (C=O) groups excluding carboxylic acids is 1. The molecule has 0 aliphatic rings. The zero-order chi connectivity index (χ0) is 15.2. The molecule has 4 N–H and O–H groups in total. The lowest BCUT2D eigenvalue weighted by molar-refractivity contribution is 0.0995. The van der Waals surface area contributed by atoms with E-state index in [1.807, 2.05) is 18.2 Å². The summed E-state index contributed by atoms with van der Waals surface area (Å²) < 4.78 is 0. The maximum Gasteiger partial charge on any atom is 0.267 e. The second-order valence-electron chi connectivity index (χ2n) is 4.84. The van der Waals surface area contributed by atoms with Crippen LogP contribution in [0.3, 0.4) is 0 Å². The third-order valence-corrected chi connectivity index (χ3v) is 3.30. The lowest BCUT2D eigenvalue weighted by Crippen LogP contribution is -2.22. The first-order valence-electron chi connectivity index (χ1n) is 6.92. The highest BCUT2D eigenvalue weighted by Crippen LogP contribution is 2.28. The van der Waals surface area contributed by atoms with Crippen molar-refractivity contribution in [3.63, 3.8) is 0 Å². The molecule has 0 aliphatic heterocycles. The van der Waals surface area contributed by atoms with Crippen LogP contribution in [0.5, 0.6) is 0 Å². The van der Waals surface area contributed by atoms with E-state index in [2.05, 4.69) is 28.9 Å². The van der Waals surface area contributed by atoms with E-state index in [9.17, 15) is 4.79 Å². The van der Waals surface area contributed by atoms with E-state index in [4.69, 9.17) is 11.5 Å². The minimum Gasteiger partial charge on any atom is -0.364 e. The van der Waals surface area contributed by atoms with Crippen molar-refractivity contribution >= 4 is 17.3 Å². The number of hydrogen-bond donors (Lipinski definition) is 2. The topological polar surface area (TPSA) is 85.2 Å². The minimum absolute atomic E-state index is 0.263. The first-order valence-corrected chi connectivity index (χ1v) is 6.92. The van der Waals surface area contributed by atoms with E-state index in [1.165, 1.54) is 0 Å². The number of nitrogens with two attached hydrogens (primary N) is 2. The number of anilines is 2. The van der Waals surface area contributed by atoms with Crippen LogP contribution in [-0.2, 0) is 0 Å². The Bertz CT molecular complexity index is 627. The average molecular weight is 284 g/mol. The van der Waals surface area contributed by atoms with Crippen LogP contribution in [0.2, 0.25) is 0 Å². The van der Waals surface area contributed by atoms with Crippen molar-refractivity contribution in [2.45, 2.75) is 13.3 Å². The molecule has 1 heterocycles. The normalized spacial score (nSPS) is 10.4. The van der Waals surface area contributed by atoms with E-state index in [0.717, 1.165) is 29.9 Å². The summed E-state index contributed by atoms with van der Waals surface area (Å²) in [6, 6.07) is 11.7. The number of benzene rings is 1. The maximum atomic E-state index is 11.3. The smallest absolute Gasteiger partial charge is 0.267 e. The first-order chi connectivity index (χ1) is 10.1. The number of pyridine rings is 1. The maximum absolute atomic E-state index is 11.3. The number of nitrogens with zero attached hydrogens (tertiary/aromatic N) is 2. The van der Waals surface area contributed by atoms with Crippen LogP contribution in [0.4, 0.5) is 11.4 Å². The quantitative estimate of drug-likeness (QED) is 0.849. The van der Waals surface area contributed by atoms with Crippen LogP contribution in [0.1, 0.15) is 22.5 Å². The molecule has 0 aliphatic carbocycles. The molecule has 1 amide bonds. The number of hydrogen-bond acceptors (Lipinski definition) is 4. The number of carbonyl (C=O) groups is 1. The van der Waals surface area contributed by atoms with Gasteiger partial charge in [-0.25, -0.2) is 0 Å². The molecule has 0 unspecified atom stereocenters. The van der Waals surface area contributed by atoms with Gasteiger partial charge in [-0.05, 0) is 43.7 Å². The first kappa shape index (κ1) is 15.0. The Balaban J connectivity index is 2.43. The van der Waals surface area contributed by atoms with Gasteiger partial charge < -0.3 is 16.4 Å². The van der Waals surface area contributed by atoms with E-state index in [1.54, 1.807) is 12.3 Å². The molecule has 21 heavy (non-hydrogen) atoms. The van der Waals surface area contributed by atoms with Gasteiger partial charge in [0.15, 0.2) is 0 Å². The summed E-state index contributed by atoms with van der Waals surface area (Å²) in [5.74, 6) is -0.527. The third-order valence-electron chi connectivity index (χ3n) is 3.30. The molecule has 0 fully saturated rings. The fraction of sp³-hybridized carbons (Fsp3) is 0.250. The summed E-state index contributed by atoms with van der Waals surface area (Å²) in [5, 5.41) is 0. The number of aromatic nitrogens is 1. The molecule has 1 aromatic carbocycles. The molecule has 0 saturated carbocycles. The summed E-state index contributed by atoms with van der Waals surface area (Å²) in [7, 11) is 0. The van der Waals surface area contributed by atoms with Crippen LogP contribution >= 0.6 is 0 Å². The lowest BCUT2D eigenvalue weighted by atomic mass is 10.1. The van der Waals surface area contributed by atoms with Gasteiger partial charge in [-0.15, -0.1) is 0 Å². The number of rotatable bonds is 6.